The Hall–Kier alpha value is -2.62. The predicted octanol–water partition coefficient (Wildman–Crippen LogP) is 3.10. The van der Waals surface area contributed by atoms with Crippen LogP contribution in [0.2, 0.25) is 0 Å². The molecule has 20 heavy (non-hydrogen) atoms. The molecule has 1 aromatic carbocycles. The molecule has 1 aromatic heterocycles. The van der Waals surface area contributed by atoms with E-state index in [9.17, 15) is 4.79 Å². The van der Waals surface area contributed by atoms with Crippen LogP contribution in [0, 0.1) is 0 Å². The van der Waals surface area contributed by atoms with Gasteiger partial charge in [0.25, 0.3) is 0 Å². The van der Waals surface area contributed by atoms with E-state index in [4.69, 9.17) is 9.47 Å². The fourth-order valence-corrected chi connectivity index (χ4v) is 1.56. The highest BCUT2D eigenvalue weighted by molar-refractivity contribution is 5.88. The first-order valence-corrected chi connectivity index (χ1v) is 6.30. The first-order valence-electron chi connectivity index (χ1n) is 6.30. The number of esters is 1. The molecule has 2 rings (SSSR count). The summed E-state index contributed by atoms with van der Waals surface area (Å²) >= 11 is 0. The first kappa shape index (κ1) is 13.8. The molecule has 0 amide bonds. The number of carbonyl (C=O) groups excluding carboxylic acids is 1. The summed E-state index contributed by atoms with van der Waals surface area (Å²) < 4.78 is 10.4. The summed E-state index contributed by atoms with van der Waals surface area (Å²) in [4.78, 5) is 15.5. The van der Waals surface area contributed by atoms with Crippen molar-refractivity contribution in [3.63, 3.8) is 0 Å². The topological polar surface area (TPSA) is 48.4 Å². The molecule has 0 aliphatic rings. The number of rotatable bonds is 5. The first-order chi connectivity index (χ1) is 9.78. The maximum absolute atomic E-state index is 11.6. The van der Waals surface area contributed by atoms with Crippen LogP contribution in [0.5, 0.6) is 11.5 Å². The minimum absolute atomic E-state index is 0.425. The zero-order valence-electron chi connectivity index (χ0n) is 11.2. The van der Waals surface area contributed by atoms with E-state index in [0.29, 0.717) is 12.4 Å². The lowest BCUT2D eigenvalue weighted by Crippen LogP contribution is -2.03. The molecule has 0 atom stereocenters. The number of nitrogens with zero attached hydrogens (tertiary/aromatic N) is 1. The van der Waals surface area contributed by atoms with Crippen LogP contribution < -0.4 is 9.47 Å². The minimum Gasteiger partial charge on any atom is -0.494 e. The zero-order valence-corrected chi connectivity index (χ0v) is 11.2. The summed E-state index contributed by atoms with van der Waals surface area (Å²) in [5.74, 6) is 0.795. The molecule has 0 aliphatic heterocycles. The van der Waals surface area contributed by atoms with Crippen molar-refractivity contribution in [2.24, 2.45) is 0 Å². The van der Waals surface area contributed by atoms with Gasteiger partial charge in [-0.2, -0.15) is 0 Å². The second-order valence-electron chi connectivity index (χ2n) is 3.95. The molecule has 0 spiro atoms. The molecule has 0 fully saturated rings. The normalized spacial score (nSPS) is 10.4. The largest absolute Gasteiger partial charge is 0.494 e. The number of ether oxygens (including phenoxy) is 2. The average Bonchev–Trinajstić information content (AvgIpc) is 2.48. The summed E-state index contributed by atoms with van der Waals surface area (Å²) in [7, 11) is 0. The van der Waals surface area contributed by atoms with Gasteiger partial charge in [0.1, 0.15) is 11.5 Å². The molecule has 0 saturated heterocycles. The molecule has 0 radical (unpaired) electrons. The van der Waals surface area contributed by atoms with Gasteiger partial charge < -0.3 is 9.47 Å². The van der Waals surface area contributed by atoms with E-state index < -0.39 is 5.97 Å². The van der Waals surface area contributed by atoms with E-state index in [-0.39, 0.29) is 0 Å². The number of carbonyl (C=O) groups is 1. The van der Waals surface area contributed by atoms with E-state index in [1.54, 1.807) is 24.4 Å². The summed E-state index contributed by atoms with van der Waals surface area (Å²) in [5.41, 5.74) is 0.900. The van der Waals surface area contributed by atoms with Crippen LogP contribution in [0.1, 0.15) is 12.5 Å². The van der Waals surface area contributed by atoms with Crippen LogP contribution in [-0.2, 0) is 4.79 Å². The highest BCUT2D eigenvalue weighted by Gasteiger charge is 1.99. The Morgan fingerprint density at radius 2 is 2.00 bits per heavy atom. The molecule has 0 bridgehead atoms. The maximum atomic E-state index is 11.6. The maximum Gasteiger partial charge on any atom is 0.336 e. The summed E-state index contributed by atoms with van der Waals surface area (Å²) in [6.07, 6.45) is 6.17. The van der Waals surface area contributed by atoms with E-state index in [0.717, 1.165) is 11.3 Å². The Morgan fingerprint density at radius 1 is 1.20 bits per heavy atom. The van der Waals surface area contributed by atoms with Crippen molar-refractivity contribution in [2.45, 2.75) is 6.92 Å². The fourth-order valence-electron chi connectivity index (χ4n) is 1.56. The van der Waals surface area contributed by atoms with E-state index >= 15 is 0 Å². The Kier molecular flexibility index (Phi) is 4.89. The standard InChI is InChI=1S/C16H15NO3/c1-2-19-14-8-5-13(6-9-14)7-10-16(18)20-15-4-3-11-17-12-15/h3-12H,2H2,1H3/b10-7+. The highest BCUT2D eigenvalue weighted by Crippen LogP contribution is 2.13. The lowest BCUT2D eigenvalue weighted by Gasteiger charge is -2.02. The van der Waals surface area contributed by atoms with Crippen molar-refractivity contribution >= 4 is 12.0 Å². The van der Waals surface area contributed by atoms with Crippen LogP contribution in [0.3, 0.4) is 0 Å². The van der Waals surface area contributed by atoms with E-state index in [1.165, 1.54) is 12.3 Å². The molecule has 0 unspecified atom stereocenters. The zero-order chi connectivity index (χ0) is 14.2. The van der Waals surface area contributed by atoms with Gasteiger partial charge in [-0.3, -0.25) is 4.98 Å². The molecule has 4 nitrogen and oxygen atoms in total. The van der Waals surface area contributed by atoms with Crippen LogP contribution in [0.15, 0.2) is 54.9 Å². The number of hydrogen-bond donors (Lipinski definition) is 0. The smallest absolute Gasteiger partial charge is 0.336 e. The van der Waals surface area contributed by atoms with Crippen molar-refractivity contribution in [1.82, 2.24) is 4.98 Å². The summed E-state index contributed by atoms with van der Waals surface area (Å²) in [6.45, 7) is 2.56. The number of aromatic nitrogens is 1. The second-order valence-corrected chi connectivity index (χ2v) is 3.95. The number of benzene rings is 1. The van der Waals surface area contributed by atoms with Gasteiger partial charge in [0.2, 0.25) is 0 Å². The second kappa shape index (κ2) is 7.09. The van der Waals surface area contributed by atoms with Crippen LogP contribution in [-0.4, -0.2) is 17.6 Å². The predicted molar refractivity (Wildman–Crippen MR) is 76.5 cm³/mol. The van der Waals surface area contributed by atoms with Crippen molar-refractivity contribution in [2.75, 3.05) is 6.61 Å². The minimum atomic E-state index is -0.438. The number of pyridine rings is 1. The van der Waals surface area contributed by atoms with Crippen molar-refractivity contribution in [3.8, 4) is 11.5 Å². The lowest BCUT2D eigenvalue weighted by atomic mass is 10.2. The van der Waals surface area contributed by atoms with Gasteiger partial charge in [0.05, 0.1) is 12.8 Å². The monoisotopic (exact) mass is 269 g/mol. The SMILES string of the molecule is CCOc1ccc(/C=C/C(=O)Oc2cccnc2)cc1. The Labute approximate surface area is 117 Å². The number of hydrogen-bond acceptors (Lipinski definition) is 4. The average molecular weight is 269 g/mol. The molecule has 102 valence electrons. The molecule has 0 saturated carbocycles. The van der Waals surface area contributed by atoms with Gasteiger partial charge >= 0.3 is 5.97 Å². The molecule has 0 aliphatic carbocycles. The van der Waals surface area contributed by atoms with Gasteiger partial charge in [0.15, 0.2) is 0 Å². The summed E-state index contributed by atoms with van der Waals surface area (Å²) in [6, 6.07) is 10.8. The molecular formula is C16H15NO3. The Bertz CT molecular complexity index is 576. The molecule has 4 heteroatoms. The van der Waals surface area contributed by atoms with E-state index in [2.05, 4.69) is 4.98 Å². The van der Waals surface area contributed by atoms with E-state index in [1.807, 2.05) is 31.2 Å². The third kappa shape index (κ3) is 4.24. The van der Waals surface area contributed by atoms with Gasteiger partial charge in [-0.15, -0.1) is 0 Å². The Balaban J connectivity index is 1.93. The molecule has 0 N–H and O–H groups in total. The van der Waals surface area contributed by atoms with Crippen LogP contribution >= 0.6 is 0 Å². The lowest BCUT2D eigenvalue weighted by molar-refractivity contribution is -0.128. The van der Waals surface area contributed by atoms with Crippen molar-refractivity contribution in [3.05, 3.63) is 60.4 Å². The van der Waals surface area contributed by atoms with Crippen LogP contribution in [0.25, 0.3) is 6.08 Å². The van der Waals surface area contributed by atoms with Gasteiger partial charge in [0, 0.05) is 12.3 Å². The van der Waals surface area contributed by atoms with Gasteiger partial charge in [-0.25, -0.2) is 4.79 Å². The van der Waals surface area contributed by atoms with Crippen molar-refractivity contribution < 1.29 is 14.3 Å². The fraction of sp³-hybridized carbons (Fsp3) is 0.125. The van der Waals surface area contributed by atoms with Gasteiger partial charge in [-0.1, -0.05) is 12.1 Å². The van der Waals surface area contributed by atoms with Gasteiger partial charge in [-0.05, 0) is 42.8 Å². The van der Waals surface area contributed by atoms with Crippen LogP contribution in [0.4, 0.5) is 0 Å². The third-order valence-electron chi connectivity index (χ3n) is 2.46. The summed E-state index contributed by atoms with van der Waals surface area (Å²) in [5, 5.41) is 0. The quantitative estimate of drug-likeness (QED) is 0.618. The Morgan fingerprint density at radius 3 is 2.65 bits per heavy atom. The molecular weight excluding hydrogens is 254 g/mol. The highest BCUT2D eigenvalue weighted by atomic mass is 16.5. The third-order valence-corrected chi connectivity index (χ3v) is 2.46. The molecule has 2 aromatic rings. The van der Waals surface area contributed by atoms with Crippen molar-refractivity contribution in [1.29, 1.82) is 0 Å². The molecule has 1 heterocycles.